The largest absolute Gasteiger partial charge is 0.432 e. The van der Waals surface area contributed by atoms with Crippen molar-refractivity contribution in [2.45, 2.75) is 206 Å². The van der Waals surface area contributed by atoms with Crippen molar-refractivity contribution >= 4 is 0 Å². The maximum Gasteiger partial charge on any atom is 0.432 e. The van der Waals surface area contributed by atoms with Crippen LogP contribution in [0, 0.1) is 87.9 Å². The molecule has 0 aromatic heterocycles. The van der Waals surface area contributed by atoms with Crippen LogP contribution in [0.25, 0.3) is 22.3 Å². The highest BCUT2D eigenvalue weighted by atomic mass is 19.3. The van der Waals surface area contributed by atoms with Crippen molar-refractivity contribution in [2.75, 3.05) is 0 Å². The molecule has 10 rings (SSSR count). The molecule has 484 valence electrons. The van der Waals surface area contributed by atoms with E-state index in [9.17, 15) is 52.7 Å². The van der Waals surface area contributed by atoms with Gasteiger partial charge in [-0.15, -0.1) is 0 Å². The van der Waals surface area contributed by atoms with Crippen LogP contribution in [0.1, 0.15) is 209 Å². The second kappa shape index (κ2) is 31.8. The minimum atomic E-state index is -4.62. The molecule has 0 radical (unpaired) electrons. The van der Waals surface area contributed by atoms with E-state index in [-0.39, 0.29) is 23.5 Å². The van der Waals surface area contributed by atoms with Crippen LogP contribution in [0.2, 0.25) is 0 Å². The van der Waals surface area contributed by atoms with Crippen molar-refractivity contribution in [3.05, 3.63) is 178 Å². The zero-order valence-corrected chi connectivity index (χ0v) is 51.6. The van der Waals surface area contributed by atoms with Crippen molar-refractivity contribution < 1.29 is 66.5 Å². The lowest BCUT2D eigenvalue weighted by molar-refractivity contribution is -0.224. The van der Waals surface area contributed by atoms with Crippen molar-refractivity contribution in [3.8, 4) is 33.8 Å². The first kappa shape index (κ1) is 68.9. The summed E-state index contributed by atoms with van der Waals surface area (Å²) in [6.07, 6.45) is 18.9. The minimum Gasteiger partial charge on any atom is -0.432 e. The van der Waals surface area contributed by atoms with Gasteiger partial charge in [-0.05, 0) is 189 Å². The van der Waals surface area contributed by atoms with Gasteiger partial charge in [0.25, 0.3) is 0 Å². The molecule has 0 amide bonds. The second-order valence-electron chi connectivity index (χ2n) is 25.5. The third-order valence-corrected chi connectivity index (χ3v) is 19.3. The molecule has 0 bridgehead atoms. The van der Waals surface area contributed by atoms with Gasteiger partial charge >= 0.3 is 12.2 Å². The van der Waals surface area contributed by atoms with Crippen LogP contribution in [-0.2, 0) is 12.5 Å². The lowest BCUT2D eigenvalue weighted by Crippen LogP contribution is -2.38. The van der Waals surface area contributed by atoms with Gasteiger partial charge in [0.15, 0.2) is 34.9 Å². The SMILES string of the molecule is CCCC1CCC(C2CCC(C(F)(F)Oc3cc(F)c(F)c(F)c3)CC2)CC1.CCCC1CCC(c2ccc(-c3ccc(C4CCC(CCC)CC4)cc3F)cc2)CC1.CCCc1ccc(-c2cc(F)c(C(F)(F)Oc3cc(F)c(F)c(F)c3)c(F)c2)cc1. The molecule has 15 heteroatoms. The Morgan fingerprint density at radius 1 is 0.371 bits per heavy atom. The third kappa shape index (κ3) is 18.4. The van der Waals surface area contributed by atoms with E-state index in [2.05, 4.69) is 60.6 Å². The Kier molecular flexibility index (Phi) is 24.7. The second-order valence-corrected chi connectivity index (χ2v) is 25.5. The molecule has 4 aliphatic rings. The Morgan fingerprint density at radius 2 is 0.775 bits per heavy atom. The van der Waals surface area contributed by atoms with Crippen LogP contribution in [0.15, 0.2) is 103 Å². The number of benzene rings is 6. The Morgan fingerprint density at radius 3 is 1.21 bits per heavy atom. The topological polar surface area (TPSA) is 18.5 Å². The summed E-state index contributed by atoms with van der Waals surface area (Å²) >= 11 is 0. The first-order chi connectivity index (χ1) is 42.6. The monoisotopic (exact) mass is 1250 g/mol. The van der Waals surface area contributed by atoms with Gasteiger partial charge in [-0.1, -0.05) is 146 Å². The molecule has 4 saturated carbocycles. The van der Waals surface area contributed by atoms with Crippen molar-refractivity contribution in [2.24, 2.45) is 35.5 Å². The van der Waals surface area contributed by atoms with E-state index < -0.39 is 81.7 Å². The highest BCUT2D eigenvalue weighted by Crippen LogP contribution is 2.47. The van der Waals surface area contributed by atoms with Crippen LogP contribution in [0.3, 0.4) is 0 Å². The summed E-state index contributed by atoms with van der Waals surface area (Å²) in [6.45, 7) is 8.79. The first-order valence-electron chi connectivity index (χ1n) is 32.5. The molecule has 0 aliphatic heterocycles. The van der Waals surface area contributed by atoms with E-state index in [1.807, 2.05) is 19.1 Å². The fourth-order valence-corrected chi connectivity index (χ4v) is 14.4. The van der Waals surface area contributed by atoms with Gasteiger partial charge in [-0.25, -0.2) is 39.5 Å². The number of aryl methyl sites for hydroxylation is 1. The number of hydrogen-bond acceptors (Lipinski definition) is 2. The summed E-state index contributed by atoms with van der Waals surface area (Å²) in [5.41, 5.74) is 4.12. The van der Waals surface area contributed by atoms with Crippen LogP contribution in [-0.4, -0.2) is 6.11 Å². The quantitative estimate of drug-likeness (QED) is 0.0594. The fourth-order valence-electron chi connectivity index (χ4n) is 14.4. The molecule has 0 atom stereocenters. The van der Waals surface area contributed by atoms with Crippen molar-refractivity contribution in [1.29, 1.82) is 0 Å². The third-order valence-electron chi connectivity index (χ3n) is 19.3. The van der Waals surface area contributed by atoms with Gasteiger partial charge in [0.05, 0.1) is 5.92 Å². The fraction of sp³-hybridized carbons (Fsp3) is 0.514. The van der Waals surface area contributed by atoms with E-state index >= 15 is 4.39 Å². The van der Waals surface area contributed by atoms with Gasteiger partial charge in [0.1, 0.15) is 34.5 Å². The predicted octanol–water partition coefficient (Wildman–Crippen LogP) is 24.3. The molecule has 0 unspecified atom stereocenters. The standard InChI is InChI=1S/C30H41F.C22H15F7O.C22H29F5O/c1-3-5-22-7-11-24(12-8-22)25-15-17-27(18-16-25)29-20-19-28(21-30(29)31)26-13-9-23(6-4-2)10-14-26;1-2-3-12-4-6-13(7-5-12)14-8-16(23)20(17(24)9-14)22(28,29)30-15-10-18(25)21(27)19(26)11-15;1-2-3-14-4-6-15(7-5-14)16-8-10-17(11-9-16)22(26,27)28-18-12-19(23)21(25)20(24)13-18/h15-24,26H,3-14H2,1-2H3;4-11H,2-3H2,1H3;12-17H,2-11H2,1H3. The smallest absolute Gasteiger partial charge is 0.432 e. The Bertz CT molecular complexity index is 3120. The first-order valence-corrected chi connectivity index (χ1v) is 32.5. The van der Waals surface area contributed by atoms with Crippen LogP contribution >= 0.6 is 0 Å². The maximum atomic E-state index is 15.1. The summed E-state index contributed by atoms with van der Waals surface area (Å²) in [6, 6.07) is 24.2. The molecule has 0 spiro atoms. The summed E-state index contributed by atoms with van der Waals surface area (Å²) in [5.74, 6) is -11.3. The van der Waals surface area contributed by atoms with E-state index in [4.69, 9.17) is 0 Å². The number of rotatable bonds is 19. The Hall–Kier alpha value is -5.99. The number of hydrogen-bond donors (Lipinski definition) is 0. The zero-order valence-electron chi connectivity index (χ0n) is 51.6. The summed E-state index contributed by atoms with van der Waals surface area (Å²) < 4.78 is 189. The molecule has 4 fully saturated rings. The van der Waals surface area contributed by atoms with Gasteiger partial charge in [-0.3, -0.25) is 0 Å². The average Bonchev–Trinajstić information content (AvgIpc) is 1.29. The molecule has 4 aliphatic carbocycles. The molecule has 0 saturated heterocycles. The number of halogens is 13. The highest BCUT2D eigenvalue weighted by Gasteiger charge is 2.46. The molecule has 6 aromatic rings. The molecular weight excluding hydrogens is 1170 g/mol. The normalized spacial score (nSPS) is 22.3. The van der Waals surface area contributed by atoms with E-state index in [1.54, 1.807) is 24.3 Å². The van der Waals surface area contributed by atoms with Crippen LogP contribution in [0.5, 0.6) is 11.5 Å². The van der Waals surface area contributed by atoms with E-state index in [1.165, 1.54) is 127 Å². The van der Waals surface area contributed by atoms with Crippen LogP contribution in [0.4, 0.5) is 57.1 Å². The lowest BCUT2D eigenvalue weighted by atomic mass is 9.68. The van der Waals surface area contributed by atoms with Crippen LogP contribution < -0.4 is 9.47 Å². The van der Waals surface area contributed by atoms with E-state index in [0.29, 0.717) is 66.3 Å². The van der Waals surface area contributed by atoms with Gasteiger partial charge in [0, 0.05) is 29.8 Å². The van der Waals surface area contributed by atoms with E-state index in [0.717, 1.165) is 60.1 Å². The summed E-state index contributed by atoms with van der Waals surface area (Å²) in [7, 11) is 0. The van der Waals surface area contributed by atoms with Gasteiger partial charge < -0.3 is 9.47 Å². The Labute approximate surface area is 517 Å². The molecule has 89 heavy (non-hydrogen) atoms. The molecule has 6 aromatic carbocycles. The molecule has 0 N–H and O–H groups in total. The number of alkyl halides is 4. The molecule has 2 nitrogen and oxygen atoms in total. The Balaban J connectivity index is 0.000000173. The maximum absolute atomic E-state index is 15.1. The zero-order chi connectivity index (χ0) is 64.0. The van der Waals surface area contributed by atoms with Crippen molar-refractivity contribution in [3.63, 3.8) is 0 Å². The molecular formula is C74H85F13O2. The summed E-state index contributed by atoms with van der Waals surface area (Å²) in [4.78, 5) is 0. The highest BCUT2D eigenvalue weighted by molar-refractivity contribution is 5.66. The lowest BCUT2D eigenvalue weighted by Gasteiger charge is -2.39. The van der Waals surface area contributed by atoms with Crippen molar-refractivity contribution in [1.82, 2.24) is 0 Å². The minimum absolute atomic E-state index is 0.0199. The van der Waals surface area contributed by atoms with Gasteiger partial charge in [0.2, 0.25) is 0 Å². The predicted molar refractivity (Wildman–Crippen MR) is 325 cm³/mol. The summed E-state index contributed by atoms with van der Waals surface area (Å²) in [5, 5.41) is 0. The average molecular weight is 1250 g/mol. The number of ether oxygens (including phenoxy) is 2. The molecule has 0 heterocycles. The van der Waals surface area contributed by atoms with Gasteiger partial charge in [-0.2, -0.15) is 17.6 Å².